The van der Waals surface area contributed by atoms with Crippen molar-refractivity contribution in [3.63, 3.8) is 0 Å². The molecule has 0 aromatic heterocycles. The zero-order valence-corrected chi connectivity index (χ0v) is 11.0. The second-order valence-electron chi connectivity index (χ2n) is 2.56. The number of hydrogen-bond donors (Lipinski definition) is 1. The van der Waals surface area contributed by atoms with Crippen molar-refractivity contribution in [3.05, 3.63) is 0 Å². The topological polar surface area (TPSA) is 76.6 Å². The van der Waals surface area contributed by atoms with E-state index >= 15 is 0 Å². The molecule has 0 aromatic rings. The summed E-state index contributed by atoms with van der Waals surface area (Å²) in [5.74, 6) is 0. The molecule has 9 heteroatoms. The van der Waals surface area contributed by atoms with Gasteiger partial charge in [-0.15, -0.1) is 0 Å². The molecule has 1 N–H and O–H groups in total. The molecule has 0 radical (unpaired) electrons. The number of hydrogen-bond acceptors (Lipinski definition) is 8. The summed E-state index contributed by atoms with van der Waals surface area (Å²) >= 11 is 0. The Morgan fingerprint density at radius 1 is 0.938 bits per heavy atom. The molecule has 0 unspecified atom stereocenters. The van der Waals surface area contributed by atoms with Crippen molar-refractivity contribution < 1.29 is 32.8 Å². The molecule has 0 rings (SSSR count). The van der Waals surface area contributed by atoms with Gasteiger partial charge in [0.2, 0.25) is 0 Å². The lowest BCUT2D eigenvalue weighted by atomic mass is 10.5. The summed E-state index contributed by atoms with van der Waals surface area (Å²) in [4.78, 5) is 13.4. The minimum Gasteiger partial charge on any atom is -0.347 e. The molecule has 0 heterocycles. The molecule has 0 saturated heterocycles. The minimum atomic E-state index is -3.54. The molecule has 0 saturated carbocycles. The van der Waals surface area contributed by atoms with Gasteiger partial charge in [0.05, 0.1) is 21.3 Å². The Morgan fingerprint density at radius 2 is 1.44 bits per heavy atom. The van der Waals surface area contributed by atoms with E-state index in [9.17, 15) is 0 Å². The van der Waals surface area contributed by atoms with E-state index < -0.39 is 9.05 Å². The first kappa shape index (κ1) is 15.9. The average molecular weight is 257 g/mol. The van der Waals surface area contributed by atoms with E-state index in [1.165, 1.54) is 21.3 Å². The van der Waals surface area contributed by atoms with Gasteiger partial charge >= 0.3 is 9.05 Å². The first-order valence-electron chi connectivity index (χ1n) is 4.68. The third kappa shape index (κ3) is 6.47. The van der Waals surface area contributed by atoms with E-state index in [4.69, 9.17) is 18.2 Å². The molecule has 0 aliphatic heterocycles. The van der Waals surface area contributed by atoms with Crippen molar-refractivity contribution in [3.8, 4) is 0 Å². The SMILES string of the molecule is CNCCCO[Si](OOC)(OOC)OOC. The zero-order chi connectivity index (χ0) is 12.3. The molecule has 0 atom stereocenters. The van der Waals surface area contributed by atoms with E-state index in [0.717, 1.165) is 13.0 Å². The highest BCUT2D eigenvalue weighted by Gasteiger charge is 2.51. The van der Waals surface area contributed by atoms with Crippen LogP contribution >= 0.6 is 0 Å². The smallest absolute Gasteiger partial charge is 0.347 e. The molecule has 0 aromatic carbocycles. The van der Waals surface area contributed by atoms with Crippen molar-refractivity contribution >= 4 is 9.05 Å². The fourth-order valence-electron chi connectivity index (χ4n) is 0.866. The molecule has 16 heavy (non-hydrogen) atoms. The predicted octanol–water partition coefficient (Wildman–Crippen LogP) is -0.218. The minimum absolute atomic E-state index is 0.350. The van der Waals surface area contributed by atoms with Gasteiger partial charge in [-0.05, 0) is 20.0 Å². The maximum Gasteiger partial charge on any atom is 0.764 e. The van der Waals surface area contributed by atoms with Gasteiger partial charge in [-0.2, -0.15) is 13.7 Å². The summed E-state index contributed by atoms with van der Waals surface area (Å²) < 4.78 is 19.7. The van der Waals surface area contributed by atoms with E-state index in [1.807, 2.05) is 7.05 Å². The highest BCUT2D eigenvalue weighted by molar-refractivity contribution is 6.52. The van der Waals surface area contributed by atoms with Crippen LogP contribution in [0.1, 0.15) is 6.42 Å². The van der Waals surface area contributed by atoms with Crippen molar-refractivity contribution in [2.45, 2.75) is 6.42 Å². The van der Waals surface area contributed by atoms with Crippen LogP contribution in [-0.2, 0) is 32.8 Å². The third-order valence-electron chi connectivity index (χ3n) is 1.41. The summed E-state index contributed by atoms with van der Waals surface area (Å²) in [5.41, 5.74) is 0. The highest BCUT2D eigenvalue weighted by Crippen LogP contribution is 2.12. The fraction of sp³-hybridized carbons (Fsp3) is 1.00. The van der Waals surface area contributed by atoms with Crippen LogP contribution in [0.5, 0.6) is 0 Å². The Kier molecular flexibility index (Phi) is 10.0. The van der Waals surface area contributed by atoms with E-state index in [1.54, 1.807) is 0 Å². The Balaban J connectivity index is 4.12. The molecule has 98 valence electrons. The second kappa shape index (κ2) is 10.1. The molecular formula is C7H19NO7Si. The molecule has 0 spiro atoms. The zero-order valence-electron chi connectivity index (χ0n) is 9.98. The van der Waals surface area contributed by atoms with Crippen LogP contribution in [0.2, 0.25) is 0 Å². The summed E-state index contributed by atoms with van der Waals surface area (Å²) in [6.07, 6.45) is 0.748. The van der Waals surface area contributed by atoms with Crippen LogP contribution in [0.25, 0.3) is 0 Å². The quantitative estimate of drug-likeness (QED) is 0.236. The largest absolute Gasteiger partial charge is 0.764 e. The third-order valence-corrected chi connectivity index (χ3v) is 3.08. The summed E-state index contributed by atoms with van der Waals surface area (Å²) in [6, 6.07) is 0. The number of nitrogens with one attached hydrogen (secondary N) is 1. The van der Waals surface area contributed by atoms with Gasteiger partial charge in [0, 0.05) is 6.61 Å². The Bertz CT molecular complexity index is 145. The van der Waals surface area contributed by atoms with Crippen molar-refractivity contribution in [1.29, 1.82) is 0 Å². The van der Waals surface area contributed by atoms with Crippen molar-refractivity contribution in [2.24, 2.45) is 0 Å². The van der Waals surface area contributed by atoms with E-state index in [2.05, 4.69) is 20.0 Å². The van der Waals surface area contributed by atoms with Crippen LogP contribution < -0.4 is 5.32 Å². The van der Waals surface area contributed by atoms with E-state index in [0.29, 0.717) is 6.61 Å². The van der Waals surface area contributed by atoms with Gasteiger partial charge < -0.3 is 9.74 Å². The standard InChI is InChI=1S/C7H19NO7Si/c1-8-6-5-7-12-16(13-9-2,14-10-3)15-11-4/h8H,5-7H2,1-4H3. The Morgan fingerprint density at radius 3 is 1.81 bits per heavy atom. The van der Waals surface area contributed by atoms with Crippen LogP contribution in [0, 0.1) is 0 Å². The van der Waals surface area contributed by atoms with Gasteiger partial charge in [0.1, 0.15) is 0 Å². The maximum atomic E-state index is 5.31. The molecule has 0 aliphatic rings. The van der Waals surface area contributed by atoms with Crippen LogP contribution in [-0.4, -0.2) is 50.6 Å². The molecular weight excluding hydrogens is 238 g/mol. The van der Waals surface area contributed by atoms with Crippen LogP contribution in [0.4, 0.5) is 0 Å². The molecule has 0 bridgehead atoms. The predicted molar refractivity (Wildman–Crippen MR) is 54.5 cm³/mol. The van der Waals surface area contributed by atoms with Gasteiger partial charge in [0.25, 0.3) is 0 Å². The average Bonchev–Trinajstić information content (AvgIpc) is 2.26. The summed E-state index contributed by atoms with van der Waals surface area (Å²) in [5, 5.41) is 2.97. The maximum absolute atomic E-state index is 5.31. The monoisotopic (exact) mass is 257 g/mol. The highest BCUT2D eigenvalue weighted by atomic mass is 28.4. The lowest BCUT2D eigenvalue weighted by Crippen LogP contribution is -2.49. The summed E-state index contributed by atoms with van der Waals surface area (Å²) in [7, 11) is 2.21. The summed E-state index contributed by atoms with van der Waals surface area (Å²) in [6.45, 7) is 1.14. The molecule has 0 fully saturated rings. The fourth-order valence-corrected chi connectivity index (χ4v) is 2.10. The van der Waals surface area contributed by atoms with Gasteiger partial charge in [-0.3, -0.25) is 0 Å². The number of rotatable bonds is 11. The lowest BCUT2D eigenvalue weighted by Gasteiger charge is -2.22. The van der Waals surface area contributed by atoms with Gasteiger partial charge in [0.15, 0.2) is 0 Å². The second-order valence-corrected chi connectivity index (χ2v) is 4.34. The van der Waals surface area contributed by atoms with Crippen molar-refractivity contribution in [2.75, 3.05) is 41.5 Å². The van der Waals surface area contributed by atoms with Crippen LogP contribution in [0.15, 0.2) is 0 Å². The normalized spacial score (nSPS) is 12.0. The van der Waals surface area contributed by atoms with Crippen molar-refractivity contribution in [1.82, 2.24) is 5.32 Å². The lowest BCUT2D eigenvalue weighted by molar-refractivity contribution is -0.370. The van der Waals surface area contributed by atoms with Crippen LogP contribution in [0.3, 0.4) is 0 Å². The first-order valence-corrected chi connectivity index (χ1v) is 6.32. The Hall–Kier alpha value is -0.103. The first-order chi connectivity index (χ1) is 7.74. The molecule has 0 aliphatic carbocycles. The van der Waals surface area contributed by atoms with E-state index in [-0.39, 0.29) is 0 Å². The van der Waals surface area contributed by atoms with Gasteiger partial charge in [-0.25, -0.2) is 14.7 Å². The molecule has 0 amide bonds. The Labute approximate surface area is 95.9 Å². The molecule has 8 nitrogen and oxygen atoms in total. The van der Waals surface area contributed by atoms with Gasteiger partial charge in [-0.1, -0.05) is 0 Å².